The molecule has 0 unspecified atom stereocenters. The fourth-order valence-electron chi connectivity index (χ4n) is 3.06. The Hall–Kier alpha value is -2.31. The van der Waals surface area contributed by atoms with Crippen LogP contribution in [0.3, 0.4) is 0 Å². The smallest absolute Gasteiger partial charge is 0.252 e. The zero-order valence-electron chi connectivity index (χ0n) is 14.8. The molecule has 2 aromatic rings. The quantitative estimate of drug-likeness (QED) is 0.572. The number of hydrogen-bond acceptors (Lipinski definition) is 5. The number of ether oxygens (including phenoxy) is 1. The molecule has 0 aliphatic carbocycles. The third-order valence-corrected chi connectivity index (χ3v) is 4.98. The molecule has 5 nitrogen and oxygen atoms in total. The third-order valence-electron chi connectivity index (χ3n) is 4.59. The van der Waals surface area contributed by atoms with Crippen LogP contribution in [0.4, 0.5) is 0 Å². The van der Waals surface area contributed by atoms with Gasteiger partial charge in [-0.1, -0.05) is 12.1 Å². The second-order valence-corrected chi connectivity index (χ2v) is 7.41. The van der Waals surface area contributed by atoms with E-state index in [9.17, 15) is 14.7 Å². The van der Waals surface area contributed by atoms with Crippen molar-refractivity contribution in [1.29, 1.82) is 0 Å². The predicted octanol–water partition coefficient (Wildman–Crippen LogP) is 3.18. The largest absolute Gasteiger partial charge is 0.485 e. The molecule has 2 N–H and O–H groups in total. The summed E-state index contributed by atoms with van der Waals surface area (Å²) in [6.07, 6.45) is -0.992. The zero-order valence-corrected chi connectivity index (χ0v) is 15.7. The minimum Gasteiger partial charge on any atom is -0.485 e. The molecule has 2 atom stereocenters. The normalized spacial score (nSPS) is 20.7. The van der Waals surface area contributed by atoms with Crippen LogP contribution >= 0.6 is 12.6 Å². The fourth-order valence-corrected chi connectivity index (χ4v) is 3.32. The van der Waals surface area contributed by atoms with E-state index in [-0.39, 0.29) is 11.7 Å². The van der Waals surface area contributed by atoms with Crippen molar-refractivity contribution in [2.24, 2.45) is 0 Å². The van der Waals surface area contributed by atoms with Crippen LogP contribution in [-0.4, -0.2) is 28.5 Å². The molecular formula is C20H21NO4S. The van der Waals surface area contributed by atoms with Gasteiger partial charge >= 0.3 is 0 Å². The summed E-state index contributed by atoms with van der Waals surface area (Å²) in [7, 11) is 0. The van der Waals surface area contributed by atoms with Gasteiger partial charge in [-0.2, -0.15) is 0 Å². The van der Waals surface area contributed by atoms with Crippen molar-refractivity contribution in [3.05, 3.63) is 59.2 Å². The lowest BCUT2D eigenvalue weighted by molar-refractivity contribution is -0.0627. The summed E-state index contributed by atoms with van der Waals surface area (Å²) >= 11 is 4.32. The summed E-state index contributed by atoms with van der Waals surface area (Å²) in [4.78, 5) is 25.0. The van der Waals surface area contributed by atoms with Gasteiger partial charge in [0.25, 0.3) is 5.91 Å². The Balaban J connectivity index is 2.02. The Morgan fingerprint density at radius 1 is 1.19 bits per heavy atom. The van der Waals surface area contributed by atoms with Gasteiger partial charge in [0.2, 0.25) is 0 Å². The number of carbonyl (C=O) groups excluding carboxylic acids is 2. The molecule has 1 amide bonds. The summed E-state index contributed by atoms with van der Waals surface area (Å²) in [6.45, 7) is 4.98. The molecule has 1 aliphatic rings. The van der Waals surface area contributed by atoms with Crippen LogP contribution in [0.25, 0.3) is 0 Å². The van der Waals surface area contributed by atoms with E-state index in [0.717, 1.165) is 0 Å². The highest BCUT2D eigenvalue weighted by Crippen LogP contribution is 2.40. The predicted molar refractivity (Wildman–Crippen MR) is 101 cm³/mol. The number of rotatable bonds is 3. The molecule has 136 valence electrons. The number of benzene rings is 2. The first-order chi connectivity index (χ1) is 12.2. The topological polar surface area (TPSA) is 75.6 Å². The highest BCUT2D eigenvalue weighted by molar-refractivity contribution is 7.80. The number of thiol groups is 1. The maximum Gasteiger partial charge on any atom is 0.252 e. The SMILES string of the molecule is CC(=O)c1ccc2c(c1)[C@H](NC(=O)c1ccccc1S)[C@@H](O)C(C)(C)O2. The molecule has 0 aromatic heterocycles. The van der Waals surface area contributed by atoms with Crippen LogP contribution < -0.4 is 10.1 Å². The van der Waals surface area contributed by atoms with Gasteiger partial charge in [-0.05, 0) is 51.1 Å². The molecule has 2 aromatic carbocycles. The monoisotopic (exact) mass is 371 g/mol. The summed E-state index contributed by atoms with van der Waals surface area (Å²) < 4.78 is 5.88. The summed E-state index contributed by atoms with van der Waals surface area (Å²) in [5, 5.41) is 13.7. The first-order valence-corrected chi connectivity index (χ1v) is 8.76. The molecule has 0 fully saturated rings. The summed E-state index contributed by atoms with van der Waals surface area (Å²) in [5.74, 6) is 0.0872. The van der Waals surface area contributed by atoms with Crippen LogP contribution in [-0.2, 0) is 0 Å². The number of fused-ring (bicyclic) bond motifs is 1. The van der Waals surface area contributed by atoms with Crippen molar-refractivity contribution < 1.29 is 19.4 Å². The minimum atomic E-state index is -0.992. The van der Waals surface area contributed by atoms with Crippen LogP contribution in [0.15, 0.2) is 47.4 Å². The van der Waals surface area contributed by atoms with E-state index in [1.54, 1.807) is 56.3 Å². The maximum absolute atomic E-state index is 12.7. The fraction of sp³-hybridized carbons (Fsp3) is 0.300. The van der Waals surface area contributed by atoms with Crippen molar-refractivity contribution in [1.82, 2.24) is 5.32 Å². The Kier molecular flexibility index (Phi) is 4.82. The number of carbonyl (C=O) groups is 2. The molecule has 1 heterocycles. The summed E-state index contributed by atoms with van der Waals surface area (Å²) in [5.41, 5.74) is 0.586. The van der Waals surface area contributed by atoms with Gasteiger partial charge in [0, 0.05) is 16.0 Å². The van der Waals surface area contributed by atoms with Crippen molar-refractivity contribution in [2.45, 2.75) is 43.4 Å². The maximum atomic E-state index is 12.7. The lowest BCUT2D eigenvalue weighted by atomic mass is 9.85. The van der Waals surface area contributed by atoms with Crippen LogP contribution in [0.5, 0.6) is 5.75 Å². The molecule has 3 rings (SSSR count). The van der Waals surface area contributed by atoms with Gasteiger partial charge in [0.15, 0.2) is 5.78 Å². The molecule has 0 saturated carbocycles. The van der Waals surface area contributed by atoms with E-state index >= 15 is 0 Å². The van der Waals surface area contributed by atoms with Crippen molar-refractivity contribution >= 4 is 24.3 Å². The number of hydrogen-bond donors (Lipinski definition) is 3. The van der Waals surface area contributed by atoms with E-state index < -0.39 is 17.7 Å². The number of Topliss-reactive ketones (excluding diaryl/α,β-unsaturated/α-hetero) is 1. The number of amides is 1. The van der Waals surface area contributed by atoms with E-state index in [2.05, 4.69) is 17.9 Å². The van der Waals surface area contributed by atoms with E-state index in [4.69, 9.17) is 4.74 Å². The zero-order chi connectivity index (χ0) is 19.1. The number of aliphatic hydroxyl groups excluding tert-OH is 1. The molecule has 26 heavy (non-hydrogen) atoms. The summed E-state index contributed by atoms with van der Waals surface area (Å²) in [6, 6.07) is 11.3. The second-order valence-electron chi connectivity index (χ2n) is 6.93. The molecule has 1 aliphatic heterocycles. The second kappa shape index (κ2) is 6.78. The molecule has 0 saturated heterocycles. The number of aliphatic hydroxyl groups is 1. The van der Waals surface area contributed by atoms with Gasteiger partial charge in [-0.3, -0.25) is 9.59 Å². The van der Waals surface area contributed by atoms with Gasteiger partial charge in [0.1, 0.15) is 17.5 Å². The average molecular weight is 371 g/mol. The number of ketones is 1. The molecule has 0 spiro atoms. The lowest BCUT2D eigenvalue weighted by Crippen LogP contribution is -2.53. The van der Waals surface area contributed by atoms with Gasteiger partial charge in [-0.15, -0.1) is 12.6 Å². The Bertz CT molecular complexity index is 878. The van der Waals surface area contributed by atoms with E-state index in [0.29, 0.717) is 27.3 Å². The molecular weight excluding hydrogens is 350 g/mol. The van der Waals surface area contributed by atoms with Crippen LogP contribution in [0.2, 0.25) is 0 Å². The highest BCUT2D eigenvalue weighted by atomic mass is 32.1. The highest BCUT2D eigenvalue weighted by Gasteiger charge is 2.43. The Morgan fingerprint density at radius 3 is 2.54 bits per heavy atom. The van der Waals surface area contributed by atoms with E-state index in [1.165, 1.54) is 6.92 Å². The van der Waals surface area contributed by atoms with Gasteiger partial charge in [-0.25, -0.2) is 0 Å². The Morgan fingerprint density at radius 2 is 1.88 bits per heavy atom. The number of nitrogens with one attached hydrogen (secondary N) is 1. The first kappa shape index (κ1) is 18.5. The Labute approximate surface area is 157 Å². The van der Waals surface area contributed by atoms with Crippen LogP contribution in [0.1, 0.15) is 53.1 Å². The molecule has 0 radical (unpaired) electrons. The molecule has 0 bridgehead atoms. The van der Waals surface area contributed by atoms with Crippen molar-refractivity contribution in [3.63, 3.8) is 0 Å². The van der Waals surface area contributed by atoms with Crippen molar-refractivity contribution in [3.8, 4) is 5.75 Å². The molecule has 6 heteroatoms. The van der Waals surface area contributed by atoms with Crippen LogP contribution in [0, 0.1) is 0 Å². The first-order valence-electron chi connectivity index (χ1n) is 8.31. The van der Waals surface area contributed by atoms with Gasteiger partial charge < -0.3 is 15.2 Å². The third kappa shape index (κ3) is 3.34. The lowest BCUT2D eigenvalue weighted by Gasteiger charge is -2.42. The average Bonchev–Trinajstić information content (AvgIpc) is 2.58. The minimum absolute atomic E-state index is 0.0992. The standard InChI is InChI=1S/C20H21NO4S/c1-11(22)12-8-9-15-14(10-12)17(18(23)20(2,3)25-15)21-19(24)13-6-4-5-7-16(13)26/h4-10,17-18,23,26H,1-3H3,(H,21,24)/t17-,18+/m0/s1. The van der Waals surface area contributed by atoms with Crippen molar-refractivity contribution in [2.75, 3.05) is 0 Å². The van der Waals surface area contributed by atoms with E-state index in [1.807, 2.05) is 0 Å². The van der Waals surface area contributed by atoms with Gasteiger partial charge in [0.05, 0.1) is 11.6 Å².